The fourth-order valence-electron chi connectivity index (χ4n) is 0.941. The van der Waals surface area contributed by atoms with Crippen molar-refractivity contribution in [3.8, 4) is 0 Å². The van der Waals surface area contributed by atoms with Gasteiger partial charge in [0, 0.05) is 0 Å². The van der Waals surface area contributed by atoms with Crippen LogP contribution in [0.2, 0.25) is 0 Å². The Balaban J connectivity index is 2.58. The molecule has 0 nitrogen and oxygen atoms in total. The molecule has 0 aromatic carbocycles. The van der Waals surface area contributed by atoms with E-state index >= 15 is 0 Å². The van der Waals surface area contributed by atoms with E-state index in [4.69, 9.17) is 0 Å². The molecule has 0 saturated heterocycles. The van der Waals surface area contributed by atoms with Crippen LogP contribution < -0.4 is 0 Å². The van der Waals surface area contributed by atoms with E-state index in [1.54, 1.807) is 11.3 Å². The van der Waals surface area contributed by atoms with Crippen molar-refractivity contribution in [2.24, 2.45) is 0 Å². The first kappa shape index (κ1) is 7.55. The van der Waals surface area contributed by atoms with Crippen molar-refractivity contribution in [2.75, 3.05) is 0 Å². The summed E-state index contributed by atoms with van der Waals surface area (Å²) in [7, 11) is 0. The first-order valence-corrected chi connectivity index (χ1v) is 4.42. The lowest BCUT2D eigenvalue weighted by molar-refractivity contribution is 0.786. The van der Waals surface area contributed by atoms with Crippen LogP contribution in [0.15, 0.2) is 29.5 Å². The highest BCUT2D eigenvalue weighted by molar-refractivity contribution is 7.07. The van der Waals surface area contributed by atoms with Gasteiger partial charge in [0.15, 0.2) is 0 Å². The fraction of sp³-hybridized carbons (Fsp3) is 0.333. The van der Waals surface area contributed by atoms with Crippen molar-refractivity contribution in [1.82, 2.24) is 0 Å². The Labute approximate surface area is 66.2 Å². The van der Waals surface area contributed by atoms with Crippen molar-refractivity contribution in [2.45, 2.75) is 19.3 Å². The highest BCUT2D eigenvalue weighted by Crippen LogP contribution is 2.20. The van der Waals surface area contributed by atoms with Gasteiger partial charge in [0.25, 0.3) is 0 Å². The summed E-state index contributed by atoms with van der Waals surface area (Å²) in [6, 6.07) is 2.18. The van der Waals surface area contributed by atoms with Crippen LogP contribution in [0.5, 0.6) is 0 Å². The number of hydrogen-bond donors (Lipinski definition) is 0. The molecule has 0 N–H and O–H groups in total. The second-order valence-corrected chi connectivity index (χ2v) is 3.26. The maximum atomic E-state index is 3.71. The summed E-state index contributed by atoms with van der Waals surface area (Å²) in [5.41, 5.74) is 1.44. The molecule has 0 aliphatic carbocycles. The second-order valence-electron chi connectivity index (χ2n) is 2.48. The molecule has 0 amide bonds. The number of thiophene rings is 1. The maximum absolute atomic E-state index is 3.71. The van der Waals surface area contributed by atoms with Gasteiger partial charge in [-0.2, -0.15) is 11.3 Å². The van der Waals surface area contributed by atoms with E-state index in [0.717, 1.165) is 6.42 Å². The van der Waals surface area contributed by atoms with E-state index in [0.29, 0.717) is 5.92 Å². The third-order valence-electron chi connectivity index (χ3n) is 1.63. The van der Waals surface area contributed by atoms with E-state index in [1.165, 1.54) is 5.56 Å². The highest BCUT2D eigenvalue weighted by atomic mass is 32.1. The summed E-state index contributed by atoms with van der Waals surface area (Å²) in [6.45, 7) is 5.94. The Morgan fingerprint density at radius 2 is 2.60 bits per heavy atom. The Kier molecular flexibility index (Phi) is 2.69. The van der Waals surface area contributed by atoms with Crippen LogP contribution >= 0.6 is 11.3 Å². The first-order chi connectivity index (χ1) is 4.84. The molecule has 10 heavy (non-hydrogen) atoms. The normalized spacial score (nSPS) is 12.9. The highest BCUT2D eigenvalue weighted by Gasteiger charge is 2.01. The summed E-state index contributed by atoms with van der Waals surface area (Å²) >= 11 is 1.76. The number of allylic oxidation sites excluding steroid dienone is 1. The van der Waals surface area contributed by atoms with E-state index in [2.05, 4.69) is 30.3 Å². The molecule has 1 unspecified atom stereocenters. The quantitative estimate of drug-likeness (QED) is 0.582. The van der Waals surface area contributed by atoms with E-state index in [1.807, 2.05) is 6.08 Å². The zero-order valence-electron chi connectivity index (χ0n) is 6.21. The molecule has 1 aromatic heterocycles. The van der Waals surface area contributed by atoms with Crippen LogP contribution in [0.1, 0.15) is 24.8 Å². The number of hydrogen-bond acceptors (Lipinski definition) is 1. The average molecular weight is 152 g/mol. The summed E-state index contributed by atoms with van der Waals surface area (Å²) in [5, 5.41) is 4.32. The molecule has 1 heterocycles. The second kappa shape index (κ2) is 3.57. The number of rotatable bonds is 3. The van der Waals surface area contributed by atoms with Crippen molar-refractivity contribution in [3.05, 3.63) is 35.0 Å². The smallest absolute Gasteiger partial charge is 0.00584 e. The Morgan fingerprint density at radius 3 is 3.10 bits per heavy atom. The van der Waals surface area contributed by atoms with E-state index in [-0.39, 0.29) is 0 Å². The van der Waals surface area contributed by atoms with Gasteiger partial charge in [0.1, 0.15) is 0 Å². The molecule has 1 heteroatoms. The molecule has 1 rings (SSSR count). The molecule has 0 aliphatic heterocycles. The minimum absolute atomic E-state index is 0.642. The zero-order chi connectivity index (χ0) is 7.40. The zero-order valence-corrected chi connectivity index (χ0v) is 7.03. The van der Waals surface area contributed by atoms with E-state index in [9.17, 15) is 0 Å². The van der Waals surface area contributed by atoms with Gasteiger partial charge in [-0.15, -0.1) is 6.58 Å². The minimum atomic E-state index is 0.642. The minimum Gasteiger partial charge on any atom is -0.152 e. The summed E-state index contributed by atoms with van der Waals surface area (Å²) < 4.78 is 0. The molecule has 0 spiro atoms. The van der Waals surface area contributed by atoms with Crippen molar-refractivity contribution >= 4 is 11.3 Å². The predicted octanol–water partition coefficient (Wildman–Crippen LogP) is 3.43. The summed E-state index contributed by atoms with van der Waals surface area (Å²) in [6.07, 6.45) is 3.05. The van der Waals surface area contributed by atoms with Crippen molar-refractivity contribution < 1.29 is 0 Å². The molecule has 0 saturated carbocycles. The van der Waals surface area contributed by atoms with Gasteiger partial charge in [-0.3, -0.25) is 0 Å². The third-order valence-corrected chi connectivity index (χ3v) is 2.33. The lowest BCUT2D eigenvalue weighted by Crippen LogP contribution is -1.86. The summed E-state index contributed by atoms with van der Waals surface area (Å²) in [4.78, 5) is 0. The van der Waals surface area contributed by atoms with Gasteiger partial charge in [-0.1, -0.05) is 13.0 Å². The Bertz CT molecular complexity index is 187. The topological polar surface area (TPSA) is 0 Å². The average Bonchev–Trinajstić information content (AvgIpc) is 2.38. The van der Waals surface area contributed by atoms with Gasteiger partial charge >= 0.3 is 0 Å². The SMILES string of the molecule is C=CCC(C)c1ccsc1. The molecule has 54 valence electrons. The molecule has 0 radical (unpaired) electrons. The van der Waals surface area contributed by atoms with Gasteiger partial charge in [0.2, 0.25) is 0 Å². The van der Waals surface area contributed by atoms with Crippen LogP contribution in [0.25, 0.3) is 0 Å². The van der Waals surface area contributed by atoms with Crippen LogP contribution in [-0.2, 0) is 0 Å². The molecular formula is C9H12S. The molecule has 1 aromatic rings. The molecule has 1 atom stereocenters. The lowest BCUT2D eigenvalue weighted by Gasteiger charge is -2.03. The van der Waals surface area contributed by atoms with Crippen molar-refractivity contribution in [3.63, 3.8) is 0 Å². The van der Waals surface area contributed by atoms with Crippen LogP contribution in [0.4, 0.5) is 0 Å². The van der Waals surface area contributed by atoms with Crippen molar-refractivity contribution in [1.29, 1.82) is 0 Å². The first-order valence-electron chi connectivity index (χ1n) is 3.47. The molecule has 0 fully saturated rings. The predicted molar refractivity (Wildman–Crippen MR) is 47.5 cm³/mol. The van der Waals surface area contributed by atoms with Gasteiger partial charge < -0.3 is 0 Å². The standard InChI is InChI=1S/C9H12S/c1-3-4-8(2)9-5-6-10-7-9/h3,5-8H,1,4H2,2H3. The van der Waals surface area contributed by atoms with Crippen LogP contribution in [0.3, 0.4) is 0 Å². The largest absolute Gasteiger partial charge is 0.152 e. The van der Waals surface area contributed by atoms with Crippen LogP contribution in [-0.4, -0.2) is 0 Å². The molecule has 0 aliphatic rings. The molecule has 0 bridgehead atoms. The maximum Gasteiger partial charge on any atom is -0.00584 e. The third kappa shape index (κ3) is 1.71. The Hall–Kier alpha value is -0.560. The fourth-order valence-corrected chi connectivity index (χ4v) is 1.72. The van der Waals surface area contributed by atoms with E-state index < -0.39 is 0 Å². The van der Waals surface area contributed by atoms with Gasteiger partial charge in [0.05, 0.1) is 0 Å². The van der Waals surface area contributed by atoms with Crippen LogP contribution in [0, 0.1) is 0 Å². The summed E-state index contributed by atoms with van der Waals surface area (Å²) in [5.74, 6) is 0.642. The van der Waals surface area contributed by atoms with Gasteiger partial charge in [-0.25, -0.2) is 0 Å². The lowest BCUT2D eigenvalue weighted by atomic mass is 10.0. The van der Waals surface area contributed by atoms with Gasteiger partial charge in [-0.05, 0) is 34.7 Å². The Morgan fingerprint density at radius 1 is 1.80 bits per heavy atom. The molecular weight excluding hydrogens is 140 g/mol. The monoisotopic (exact) mass is 152 g/mol.